The van der Waals surface area contributed by atoms with Gasteiger partial charge in [0, 0.05) is 16.6 Å². The van der Waals surface area contributed by atoms with E-state index in [0.29, 0.717) is 11.1 Å². The third kappa shape index (κ3) is 3.46. The molecule has 0 spiro atoms. The molecule has 0 aliphatic heterocycles. The molecule has 1 aliphatic carbocycles. The van der Waals surface area contributed by atoms with Crippen LogP contribution in [-0.2, 0) is 5.60 Å². The Bertz CT molecular complexity index is 442. The van der Waals surface area contributed by atoms with E-state index >= 15 is 0 Å². The van der Waals surface area contributed by atoms with Crippen LogP contribution in [0, 0.1) is 0 Å². The lowest BCUT2D eigenvalue weighted by atomic mass is 9.77. The van der Waals surface area contributed by atoms with Gasteiger partial charge < -0.3 is 15.2 Å². The molecule has 0 aromatic heterocycles. The molecule has 1 aromatic rings. The predicted octanol–water partition coefficient (Wildman–Crippen LogP) is 3.48. The van der Waals surface area contributed by atoms with Crippen LogP contribution in [0.25, 0.3) is 0 Å². The van der Waals surface area contributed by atoms with E-state index in [4.69, 9.17) is 16.3 Å². The maximum absolute atomic E-state index is 11.0. The van der Waals surface area contributed by atoms with Crippen LogP contribution in [0.4, 0.5) is 0 Å². The first-order valence-electron chi connectivity index (χ1n) is 7.39. The van der Waals surface area contributed by atoms with Crippen molar-refractivity contribution in [3.8, 4) is 5.75 Å². The van der Waals surface area contributed by atoms with Gasteiger partial charge in [0.2, 0.25) is 0 Å². The van der Waals surface area contributed by atoms with Crippen molar-refractivity contribution >= 4 is 11.6 Å². The van der Waals surface area contributed by atoms with Crippen molar-refractivity contribution in [3.63, 3.8) is 0 Å². The predicted molar refractivity (Wildman–Crippen MR) is 82.5 cm³/mol. The van der Waals surface area contributed by atoms with Crippen molar-refractivity contribution < 1.29 is 9.84 Å². The third-order valence-corrected chi connectivity index (χ3v) is 4.39. The second kappa shape index (κ2) is 6.79. The molecule has 1 saturated carbocycles. The van der Waals surface area contributed by atoms with E-state index in [1.807, 2.05) is 12.1 Å². The highest BCUT2D eigenvalue weighted by Gasteiger charge is 2.36. The molecule has 112 valence electrons. The van der Waals surface area contributed by atoms with Crippen LogP contribution >= 0.6 is 11.6 Å². The van der Waals surface area contributed by atoms with E-state index in [1.165, 1.54) is 0 Å². The second-order valence-corrected chi connectivity index (χ2v) is 6.04. The van der Waals surface area contributed by atoms with E-state index in [2.05, 4.69) is 12.2 Å². The third-order valence-electron chi connectivity index (χ3n) is 4.16. The van der Waals surface area contributed by atoms with Gasteiger partial charge in [0.05, 0.1) is 12.7 Å². The van der Waals surface area contributed by atoms with Gasteiger partial charge in [-0.15, -0.1) is 0 Å². The lowest BCUT2D eigenvalue weighted by Crippen LogP contribution is -2.40. The Kier molecular flexibility index (Phi) is 5.30. The number of hydrogen-bond acceptors (Lipinski definition) is 3. The van der Waals surface area contributed by atoms with Gasteiger partial charge in [0.25, 0.3) is 0 Å². The molecule has 1 fully saturated rings. The molecule has 0 unspecified atom stereocenters. The van der Waals surface area contributed by atoms with E-state index in [9.17, 15) is 5.11 Å². The largest absolute Gasteiger partial charge is 0.496 e. The van der Waals surface area contributed by atoms with E-state index in [0.717, 1.165) is 50.0 Å². The monoisotopic (exact) mass is 297 g/mol. The fourth-order valence-corrected chi connectivity index (χ4v) is 3.13. The Balaban J connectivity index is 2.11. The summed E-state index contributed by atoms with van der Waals surface area (Å²) < 4.78 is 5.38. The van der Waals surface area contributed by atoms with Gasteiger partial charge in [-0.2, -0.15) is 0 Å². The van der Waals surface area contributed by atoms with Gasteiger partial charge >= 0.3 is 0 Å². The van der Waals surface area contributed by atoms with Gasteiger partial charge in [-0.05, 0) is 56.8 Å². The minimum absolute atomic E-state index is 0.514. The summed E-state index contributed by atoms with van der Waals surface area (Å²) in [5.74, 6) is 0.719. The fourth-order valence-electron chi connectivity index (χ4n) is 2.96. The average Bonchev–Trinajstić information content (AvgIpc) is 2.47. The summed E-state index contributed by atoms with van der Waals surface area (Å²) in [6.45, 7) is 3.21. The Labute approximate surface area is 126 Å². The highest BCUT2D eigenvalue weighted by Crippen LogP contribution is 2.42. The topological polar surface area (TPSA) is 41.5 Å². The Hall–Kier alpha value is -0.770. The van der Waals surface area contributed by atoms with Crippen LogP contribution in [0.3, 0.4) is 0 Å². The van der Waals surface area contributed by atoms with Crippen molar-refractivity contribution in [3.05, 3.63) is 28.8 Å². The molecular weight excluding hydrogens is 274 g/mol. The van der Waals surface area contributed by atoms with Gasteiger partial charge in [0.1, 0.15) is 5.75 Å². The molecule has 0 radical (unpaired) electrons. The maximum atomic E-state index is 11.0. The van der Waals surface area contributed by atoms with Crippen LogP contribution in [-0.4, -0.2) is 24.8 Å². The summed E-state index contributed by atoms with van der Waals surface area (Å²) in [7, 11) is 1.63. The Morgan fingerprint density at radius 2 is 2.10 bits per heavy atom. The summed E-state index contributed by atoms with van der Waals surface area (Å²) in [5.41, 5.74) is 0.00197. The van der Waals surface area contributed by atoms with Gasteiger partial charge in [-0.1, -0.05) is 18.5 Å². The number of rotatable bonds is 5. The lowest BCUT2D eigenvalue weighted by molar-refractivity contribution is -0.0101. The van der Waals surface area contributed by atoms with Gasteiger partial charge in [0.15, 0.2) is 0 Å². The quantitative estimate of drug-likeness (QED) is 0.874. The molecule has 0 heterocycles. The summed E-state index contributed by atoms with van der Waals surface area (Å²) in [4.78, 5) is 0. The zero-order valence-corrected chi connectivity index (χ0v) is 13.0. The van der Waals surface area contributed by atoms with Crippen molar-refractivity contribution in [1.29, 1.82) is 0 Å². The molecule has 3 nitrogen and oxygen atoms in total. The molecule has 1 aromatic carbocycles. The summed E-state index contributed by atoms with van der Waals surface area (Å²) in [6, 6.07) is 5.97. The summed E-state index contributed by atoms with van der Waals surface area (Å²) >= 11 is 6.07. The van der Waals surface area contributed by atoms with Crippen LogP contribution in [0.1, 0.15) is 44.6 Å². The SMILES string of the molecule is CCCNC1CCC(O)(c2cc(Cl)ccc2OC)CC1. The minimum Gasteiger partial charge on any atom is -0.496 e. The van der Waals surface area contributed by atoms with E-state index in [1.54, 1.807) is 13.2 Å². The molecular formula is C16H24ClNO2. The first kappa shape index (κ1) is 15.6. The van der Waals surface area contributed by atoms with E-state index < -0.39 is 5.60 Å². The standard InChI is InChI=1S/C16H24ClNO2/c1-3-10-18-13-6-8-16(19,9-7-13)14-11-12(17)4-5-15(14)20-2/h4-5,11,13,18-19H,3,6-10H2,1-2H3. The molecule has 0 atom stereocenters. The van der Waals surface area contributed by atoms with Gasteiger partial charge in [-0.3, -0.25) is 0 Å². The normalized spacial score (nSPS) is 26.5. The highest BCUT2D eigenvalue weighted by atomic mass is 35.5. The number of benzene rings is 1. The lowest BCUT2D eigenvalue weighted by Gasteiger charge is -2.37. The second-order valence-electron chi connectivity index (χ2n) is 5.60. The number of nitrogens with one attached hydrogen (secondary N) is 1. The molecule has 2 rings (SSSR count). The molecule has 0 saturated heterocycles. The zero-order chi connectivity index (χ0) is 14.6. The summed E-state index contributed by atoms with van der Waals surface area (Å²) in [5, 5.41) is 15.1. The molecule has 4 heteroatoms. The van der Waals surface area contributed by atoms with Gasteiger partial charge in [-0.25, -0.2) is 0 Å². The fraction of sp³-hybridized carbons (Fsp3) is 0.625. The number of ether oxygens (including phenoxy) is 1. The number of methoxy groups -OCH3 is 1. The summed E-state index contributed by atoms with van der Waals surface area (Å²) in [6.07, 6.45) is 4.58. The first-order chi connectivity index (χ1) is 9.59. The average molecular weight is 298 g/mol. The minimum atomic E-state index is -0.819. The maximum Gasteiger partial charge on any atom is 0.125 e. The number of aliphatic hydroxyl groups is 1. The van der Waals surface area contributed by atoms with Crippen molar-refractivity contribution in [2.75, 3.05) is 13.7 Å². The van der Waals surface area contributed by atoms with Crippen LogP contribution in [0.5, 0.6) is 5.75 Å². The van der Waals surface area contributed by atoms with E-state index in [-0.39, 0.29) is 0 Å². The number of halogens is 1. The van der Waals surface area contributed by atoms with Crippen molar-refractivity contribution in [1.82, 2.24) is 5.32 Å². The van der Waals surface area contributed by atoms with Crippen molar-refractivity contribution in [2.45, 2.75) is 50.7 Å². The molecule has 0 amide bonds. The first-order valence-corrected chi connectivity index (χ1v) is 7.76. The molecule has 0 bridgehead atoms. The number of hydrogen-bond donors (Lipinski definition) is 2. The Morgan fingerprint density at radius 1 is 1.40 bits per heavy atom. The zero-order valence-electron chi connectivity index (χ0n) is 12.3. The van der Waals surface area contributed by atoms with Crippen LogP contribution < -0.4 is 10.1 Å². The Morgan fingerprint density at radius 3 is 2.70 bits per heavy atom. The highest BCUT2D eigenvalue weighted by molar-refractivity contribution is 6.30. The van der Waals surface area contributed by atoms with Crippen molar-refractivity contribution in [2.24, 2.45) is 0 Å². The smallest absolute Gasteiger partial charge is 0.125 e. The van der Waals surface area contributed by atoms with Crippen LogP contribution in [0.15, 0.2) is 18.2 Å². The van der Waals surface area contributed by atoms with Crippen LogP contribution in [0.2, 0.25) is 5.02 Å². The molecule has 20 heavy (non-hydrogen) atoms. The molecule has 1 aliphatic rings. The molecule has 2 N–H and O–H groups in total.